The lowest BCUT2D eigenvalue weighted by molar-refractivity contribution is 0.421. The number of nitrogens with zero attached hydrogens (tertiary/aromatic N) is 3. The minimum atomic E-state index is -0.257. The summed E-state index contributed by atoms with van der Waals surface area (Å²) in [5.74, 6) is 0.299. The van der Waals surface area contributed by atoms with E-state index in [-0.39, 0.29) is 11.9 Å². The molecule has 3 rings (SSSR count). The first-order valence-corrected chi connectivity index (χ1v) is 7.22. The highest BCUT2D eigenvalue weighted by molar-refractivity contribution is 7.05. The number of benzene rings is 1. The van der Waals surface area contributed by atoms with E-state index < -0.39 is 0 Å². The van der Waals surface area contributed by atoms with Crippen LogP contribution in [0.1, 0.15) is 29.2 Å². The molecule has 5 nitrogen and oxygen atoms in total. The first kappa shape index (κ1) is 13.7. The third kappa shape index (κ3) is 3.43. The molecule has 3 aromatic rings. The molecule has 2 heterocycles. The molecule has 1 aromatic carbocycles. The number of halogens is 1. The molecule has 1 atom stereocenters. The molecule has 0 aliphatic rings. The van der Waals surface area contributed by atoms with Gasteiger partial charge in [-0.1, -0.05) is 17.3 Å². The molecule has 1 N–H and O–H groups in total. The molecule has 108 valence electrons. The van der Waals surface area contributed by atoms with E-state index in [0.29, 0.717) is 18.3 Å². The Kier molecular flexibility index (Phi) is 3.92. The summed E-state index contributed by atoms with van der Waals surface area (Å²) in [7, 11) is 0. The lowest BCUT2D eigenvalue weighted by atomic mass is 10.1. The van der Waals surface area contributed by atoms with Gasteiger partial charge in [0.15, 0.2) is 5.82 Å². The second kappa shape index (κ2) is 6.01. The predicted octanol–water partition coefficient (Wildman–Crippen LogP) is 3.43. The van der Waals surface area contributed by atoms with Crippen molar-refractivity contribution < 1.29 is 8.91 Å². The first-order valence-electron chi connectivity index (χ1n) is 6.45. The van der Waals surface area contributed by atoms with E-state index in [1.54, 1.807) is 18.3 Å². The summed E-state index contributed by atoms with van der Waals surface area (Å²) in [6, 6.07) is 8.61. The van der Waals surface area contributed by atoms with E-state index in [9.17, 15) is 4.39 Å². The summed E-state index contributed by atoms with van der Waals surface area (Å²) in [5, 5.41) is 7.04. The third-order valence-electron chi connectivity index (χ3n) is 2.97. The zero-order valence-electron chi connectivity index (χ0n) is 11.3. The smallest absolute Gasteiger partial charge is 0.321 e. The highest BCUT2D eigenvalue weighted by atomic mass is 32.1. The van der Waals surface area contributed by atoms with E-state index in [2.05, 4.69) is 19.8 Å². The van der Waals surface area contributed by atoms with Crippen LogP contribution in [0.5, 0.6) is 0 Å². The van der Waals surface area contributed by atoms with Crippen LogP contribution in [0.15, 0.2) is 41.1 Å². The summed E-state index contributed by atoms with van der Waals surface area (Å²) >= 11 is 1.42. The van der Waals surface area contributed by atoms with Gasteiger partial charge >= 0.3 is 6.01 Å². The standard InChI is InChI=1S/C14H13FN4OS/c1-9(12-6-7-16-21-12)17-14-18-13(19-20-14)8-10-2-4-11(15)5-3-10/h2-7,9H,8H2,1H3,(H,17,18,19). The van der Waals surface area contributed by atoms with E-state index >= 15 is 0 Å². The van der Waals surface area contributed by atoms with Gasteiger partial charge in [0.2, 0.25) is 0 Å². The molecule has 2 aromatic heterocycles. The van der Waals surface area contributed by atoms with Gasteiger partial charge in [0, 0.05) is 17.5 Å². The van der Waals surface area contributed by atoms with Crippen LogP contribution in [0.25, 0.3) is 0 Å². The number of hydrogen-bond acceptors (Lipinski definition) is 6. The SMILES string of the molecule is CC(Nc1nc(Cc2ccc(F)cc2)no1)c1ccns1. The van der Waals surface area contributed by atoms with Gasteiger partial charge in [-0.15, -0.1) is 0 Å². The quantitative estimate of drug-likeness (QED) is 0.782. The van der Waals surface area contributed by atoms with Crippen molar-refractivity contribution in [2.45, 2.75) is 19.4 Å². The van der Waals surface area contributed by atoms with Crippen LogP contribution in [0.4, 0.5) is 10.4 Å². The molecule has 21 heavy (non-hydrogen) atoms. The number of nitrogens with one attached hydrogen (secondary N) is 1. The Morgan fingerprint density at radius 3 is 2.81 bits per heavy atom. The van der Waals surface area contributed by atoms with E-state index in [1.165, 1.54) is 23.7 Å². The largest absolute Gasteiger partial charge is 0.330 e. The Morgan fingerprint density at radius 1 is 1.29 bits per heavy atom. The van der Waals surface area contributed by atoms with Crippen LogP contribution < -0.4 is 5.32 Å². The Labute approximate surface area is 125 Å². The molecular weight excluding hydrogens is 291 g/mol. The zero-order chi connectivity index (χ0) is 14.7. The molecule has 0 spiro atoms. The van der Waals surface area contributed by atoms with Crippen LogP contribution in [0.2, 0.25) is 0 Å². The fourth-order valence-corrected chi connectivity index (χ4v) is 2.46. The van der Waals surface area contributed by atoms with Gasteiger partial charge in [0.25, 0.3) is 0 Å². The second-order valence-electron chi connectivity index (χ2n) is 4.60. The Morgan fingerprint density at radius 2 is 2.10 bits per heavy atom. The third-order valence-corrected chi connectivity index (χ3v) is 3.90. The second-order valence-corrected chi connectivity index (χ2v) is 5.46. The number of aromatic nitrogens is 3. The maximum atomic E-state index is 12.8. The molecule has 0 bridgehead atoms. The minimum absolute atomic E-state index is 0.0524. The van der Waals surface area contributed by atoms with Crippen LogP contribution in [-0.2, 0) is 6.42 Å². The topological polar surface area (TPSA) is 63.8 Å². The number of hydrogen-bond donors (Lipinski definition) is 1. The normalized spacial score (nSPS) is 12.3. The highest BCUT2D eigenvalue weighted by Crippen LogP contribution is 2.20. The Hall–Kier alpha value is -2.28. The van der Waals surface area contributed by atoms with Crippen LogP contribution in [0, 0.1) is 5.82 Å². The molecule has 0 radical (unpaired) electrons. The van der Waals surface area contributed by atoms with Crippen molar-refractivity contribution in [1.82, 2.24) is 14.5 Å². The van der Waals surface area contributed by atoms with Crippen LogP contribution in [0.3, 0.4) is 0 Å². The summed E-state index contributed by atoms with van der Waals surface area (Å²) in [4.78, 5) is 5.37. The lowest BCUT2D eigenvalue weighted by Crippen LogP contribution is -2.05. The molecule has 0 saturated heterocycles. The molecule has 0 saturated carbocycles. The van der Waals surface area contributed by atoms with Crippen LogP contribution in [-0.4, -0.2) is 14.5 Å². The van der Waals surface area contributed by atoms with Gasteiger partial charge in [0.05, 0.1) is 6.04 Å². The summed E-state index contributed by atoms with van der Waals surface area (Å²) in [5.41, 5.74) is 0.930. The van der Waals surface area contributed by atoms with Gasteiger partial charge in [-0.25, -0.2) is 8.76 Å². The first-order chi connectivity index (χ1) is 10.2. The van der Waals surface area contributed by atoms with Crippen molar-refractivity contribution >= 4 is 17.5 Å². The molecule has 7 heteroatoms. The maximum absolute atomic E-state index is 12.8. The Balaban J connectivity index is 1.64. The average Bonchev–Trinajstić information content (AvgIpc) is 3.13. The summed E-state index contributed by atoms with van der Waals surface area (Å²) < 4.78 is 22.1. The van der Waals surface area contributed by atoms with E-state index in [4.69, 9.17) is 4.52 Å². The molecule has 0 aliphatic carbocycles. The van der Waals surface area contributed by atoms with Gasteiger partial charge in [-0.2, -0.15) is 4.98 Å². The molecule has 1 unspecified atom stereocenters. The lowest BCUT2D eigenvalue weighted by Gasteiger charge is -2.07. The zero-order valence-corrected chi connectivity index (χ0v) is 12.1. The van der Waals surface area contributed by atoms with Crippen molar-refractivity contribution in [3.8, 4) is 0 Å². The average molecular weight is 304 g/mol. The monoisotopic (exact) mass is 304 g/mol. The van der Waals surface area contributed by atoms with Crippen molar-refractivity contribution in [2.75, 3.05) is 5.32 Å². The Bertz CT molecular complexity index is 696. The molecule has 0 aliphatic heterocycles. The fraction of sp³-hybridized carbons (Fsp3) is 0.214. The molecule has 0 fully saturated rings. The number of anilines is 1. The van der Waals surface area contributed by atoms with Gasteiger partial charge in [-0.3, -0.25) is 0 Å². The summed E-state index contributed by atoms with van der Waals surface area (Å²) in [6.45, 7) is 2.00. The van der Waals surface area contributed by atoms with E-state index in [0.717, 1.165) is 10.4 Å². The van der Waals surface area contributed by atoms with Crippen molar-refractivity contribution in [3.63, 3.8) is 0 Å². The van der Waals surface area contributed by atoms with E-state index in [1.807, 2.05) is 13.0 Å². The van der Waals surface area contributed by atoms with Crippen molar-refractivity contribution in [3.05, 3.63) is 58.6 Å². The maximum Gasteiger partial charge on any atom is 0.321 e. The van der Waals surface area contributed by atoms with Gasteiger partial charge in [0.1, 0.15) is 5.82 Å². The predicted molar refractivity (Wildman–Crippen MR) is 77.7 cm³/mol. The minimum Gasteiger partial charge on any atom is -0.330 e. The van der Waals surface area contributed by atoms with Crippen molar-refractivity contribution in [2.24, 2.45) is 0 Å². The van der Waals surface area contributed by atoms with Gasteiger partial charge < -0.3 is 9.84 Å². The fourth-order valence-electron chi connectivity index (χ4n) is 1.87. The highest BCUT2D eigenvalue weighted by Gasteiger charge is 2.12. The number of rotatable bonds is 5. The molecule has 0 amide bonds. The van der Waals surface area contributed by atoms with Crippen molar-refractivity contribution in [1.29, 1.82) is 0 Å². The summed E-state index contributed by atoms with van der Waals surface area (Å²) in [6.07, 6.45) is 2.26. The molecular formula is C14H13FN4OS. The van der Waals surface area contributed by atoms with Gasteiger partial charge in [-0.05, 0) is 42.2 Å². The van der Waals surface area contributed by atoms with Crippen LogP contribution >= 0.6 is 11.5 Å².